The van der Waals surface area contributed by atoms with Crippen molar-refractivity contribution >= 4 is 5.91 Å². The Hall–Kier alpha value is -3.10. The van der Waals surface area contributed by atoms with Crippen LogP contribution in [0.4, 0.5) is 0 Å². The first-order chi connectivity index (χ1) is 11.8. The number of carbonyl (C=O) groups is 1. The highest BCUT2D eigenvalue weighted by atomic mass is 16.5. The highest BCUT2D eigenvalue weighted by Gasteiger charge is 2.30. The number of nitrogens with zero attached hydrogens (tertiary/aromatic N) is 6. The zero-order valence-electron chi connectivity index (χ0n) is 12.8. The van der Waals surface area contributed by atoms with Gasteiger partial charge in [-0.05, 0) is 25.0 Å². The average molecular weight is 325 g/mol. The van der Waals surface area contributed by atoms with Crippen LogP contribution >= 0.6 is 0 Å². The summed E-state index contributed by atoms with van der Waals surface area (Å²) in [6.07, 6.45) is 6.59. The zero-order valence-corrected chi connectivity index (χ0v) is 12.8. The van der Waals surface area contributed by atoms with E-state index in [2.05, 4.69) is 30.5 Å². The summed E-state index contributed by atoms with van der Waals surface area (Å²) >= 11 is 0. The lowest BCUT2D eigenvalue weighted by molar-refractivity contribution is 0.0689. The van der Waals surface area contributed by atoms with Crippen LogP contribution in [-0.2, 0) is 0 Å². The minimum atomic E-state index is -0.138. The molecule has 1 N–H and O–H groups in total. The molecule has 3 aromatic heterocycles. The second-order valence-corrected chi connectivity index (χ2v) is 5.64. The molecule has 4 heterocycles. The molecule has 1 aliphatic rings. The van der Waals surface area contributed by atoms with Crippen molar-refractivity contribution < 1.29 is 9.32 Å². The van der Waals surface area contributed by atoms with Crippen LogP contribution in [0.2, 0.25) is 0 Å². The number of hydrogen-bond donors (Lipinski definition) is 1. The second-order valence-electron chi connectivity index (χ2n) is 5.64. The Balaban J connectivity index is 1.50. The molecule has 0 radical (unpaired) electrons. The lowest BCUT2D eigenvalue weighted by Crippen LogP contribution is -2.39. The van der Waals surface area contributed by atoms with Gasteiger partial charge in [0.25, 0.3) is 5.91 Å². The van der Waals surface area contributed by atoms with Crippen LogP contribution in [0.25, 0.3) is 11.4 Å². The minimum Gasteiger partial charge on any atom is -0.339 e. The molecular formula is C15H15N7O2. The van der Waals surface area contributed by atoms with Crippen molar-refractivity contribution in [3.63, 3.8) is 0 Å². The van der Waals surface area contributed by atoms with E-state index in [0.717, 1.165) is 18.4 Å². The van der Waals surface area contributed by atoms with Crippen LogP contribution in [0.1, 0.15) is 35.1 Å². The van der Waals surface area contributed by atoms with Gasteiger partial charge in [-0.1, -0.05) is 5.16 Å². The quantitative estimate of drug-likeness (QED) is 0.771. The number of pyridine rings is 1. The Labute approximate surface area is 137 Å². The van der Waals surface area contributed by atoms with Crippen molar-refractivity contribution in [2.24, 2.45) is 0 Å². The van der Waals surface area contributed by atoms with Crippen LogP contribution in [-0.4, -0.2) is 54.4 Å². The van der Waals surface area contributed by atoms with Crippen molar-refractivity contribution in [2.45, 2.75) is 18.8 Å². The molecule has 1 aliphatic heterocycles. The molecule has 0 aromatic carbocycles. The maximum Gasteiger partial charge on any atom is 0.276 e. The van der Waals surface area contributed by atoms with Gasteiger partial charge in [0.05, 0.1) is 12.1 Å². The maximum absolute atomic E-state index is 12.4. The van der Waals surface area contributed by atoms with Gasteiger partial charge in [0.1, 0.15) is 0 Å². The van der Waals surface area contributed by atoms with E-state index < -0.39 is 0 Å². The molecule has 24 heavy (non-hydrogen) atoms. The summed E-state index contributed by atoms with van der Waals surface area (Å²) in [6, 6.07) is 3.70. The highest BCUT2D eigenvalue weighted by molar-refractivity contribution is 5.92. The van der Waals surface area contributed by atoms with E-state index in [-0.39, 0.29) is 11.8 Å². The summed E-state index contributed by atoms with van der Waals surface area (Å²) in [7, 11) is 0. The fourth-order valence-electron chi connectivity index (χ4n) is 2.84. The lowest BCUT2D eigenvalue weighted by Gasteiger charge is -2.30. The standard InChI is InChI=1S/C15H15N7O2/c23-15(12-8-17-21-19-12)22-6-2-4-11(9-22)14-18-13(20-24-14)10-3-1-5-16-7-10/h1,3,5,7-8,11H,2,4,6,9H2,(H,17,19,21)/t11-/m0/s1. The highest BCUT2D eigenvalue weighted by Crippen LogP contribution is 2.27. The van der Waals surface area contributed by atoms with E-state index in [1.165, 1.54) is 6.20 Å². The number of carbonyl (C=O) groups excluding carboxylic acids is 1. The number of aromatic amines is 1. The molecule has 0 bridgehead atoms. The molecule has 0 unspecified atom stereocenters. The third-order valence-corrected chi connectivity index (χ3v) is 4.05. The third kappa shape index (κ3) is 2.75. The van der Waals surface area contributed by atoms with Crippen LogP contribution in [0.15, 0.2) is 35.2 Å². The SMILES string of the molecule is O=C(c1cn[nH]n1)N1CCC[C@H](c2nc(-c3cccnc3)no2)C1. The van der Waals surface area contributed by atoms with Crippen molar-refractivity contribution in [2.75, 3.05) is 13.1 Å². The monoisotopic (exact) mass is 325 g/mol. The molecule has 1 atom stereocenters. The predicted octanol–water partition coefficient (Wildman–Crippen LogP) is 1.27. The van der Waals surface area contributed by atoms with E-state index in [4.69, 9.17) is 4.52 Å². The summed E-state index contributed by atoms with van der Waals surface area (Å²) in [4.78, 5) is 22.7. The van der Waals surface area contributed by atoms with Crippen molar-refractivity contribution in [1.82, 2.24) is 35.4 Å². The number of likely N-dealkylation sites (tertiary alicyclic amines) is 1. The Morgan fingerprint density at radius 2 is 2.33 bits per heavy atom. The smallest absolute Gasteiger partial charge is 0.276 e. The Bertz CT molecular complexity index is 815. The number of H-pyrrole nitrogens is 1. The van der Waals surface area contributed by atoms with E-state index in [1.54, 1.807) is 17.3 Å². The fraction of sp³-hybridized carbons (Fsp3) is 0.333. The van der Waals surface area contributed by atoms with E-state index in [0.29, 0.717) is 30.5 Å². The molecule has 1 fully saturated rings. The molecule has 0 spiro atoms. The van der Waals surface area contributed by atoms with E-state index in [9.17, 15) is 4.79 Å². The zero-order chi connectivity index (χ0) is 16.4. The van der Waals surface area contributed by atoms with Crippen molar-refractivity contribution in [3.8, 4) is 11.4 Å². The average Bonchev–Trinajstić information content (AvgIpc) is 3.34. The maximum atomic E-state index is 12.4. The first-order valence-corrected chi connectivity index (χ1v) is 7.70. The minimum absolute atomic E-state index is 0.0209. The van der Waals surface area contributed by atoms with Gasteiger partial charge >= 0.3 is 0 Å². The van der Waals surface area contributed by atoms with Gasteiger partial charge in [-0.2, -0.15) is 20.4 Å². The van der Waals surface area contributed by atoms with Gasteiger partial charge in [-0.15, -0.1) is 0 Å². The van der Waals surface area contributed by atoms with Crippen LogP contribution < -0.4 is 0 Å². The van der Waals surface area contributed by atoms with Gasteiger partial charge in [0.2, 0.25) is 11.7 Å². The summed E-state index contributed by atoms with van der Waals surface area (Å²) < 4.78 is 5.42. The summed E-state index contributed by atoms with van der Waals surface area (Å²) in [6.45, 7) is 1.21. The van der Waals surface area contributed by atoms with E-state index in [1.807, 2.05) is 12.1 Å². The van der Waals surface area contributed by atoms with E-state index >= 15 is 0 Å². The Morgan fingerprint density at radius 1 is 1.38 bits per heavy atom. The molecule has 9 nitrogen and oxygen atoms in total. The molecule has 1 saturated heterocycles. The predicted molar refractivity (Wildman–Crippen MR) is 81.8 cm³/mol. The number of piperidine rings is 1. The van der Waals surface area contributed by atoms with Crippen molar-refractivity contribution in [3.05, 3.63) is 42.3 Å². The molecule has 1 amide bonds. The van der Waals surface area contributed by atoms with Gasteiger partial charge in [0.15, 0.2) is 5.69 Å². The van der Waals surface area contributed by atoms with Crippen molar-refractivity contribution in [1.29, 1.82) is 0 Å². The largest absolute Gasteiger partial charge is 0.339 e. The molecule has 0 saturated carbocycles. The van der Waals surface area contributed by atoms with Gasteiger partial charge in [0, 0.05) is 31.0 Å². The van der Waals surface area contributed by atoms with Crippen LogP contribution in [0, 0.1) is 0 Å². The van der Waals surface area contributed by atoms with Gasteiger partial charge in [-0.25, -0.2) is 0 Å². The number of amides is 1. The second kappa shape index (κ2) is 6.19. The summed E-state index contributed by atoms with van der Waals surface area (Å²) in [5.41, 5.74) is 1.12. The van der Waals surface area contributed by atoms with Gasteiger partial charge < -0.3 is 9.42 Å². The fourth-order valence-corrected chi connectivity index (χ4v) is 2.84. The third-order valence-electron chi connectivity index (χ3n) is 4.05. The van der Waals surface area contributed by atoms with Crippen LogP contribution in [0.5, 0.6) is 0 Å². The number of nitrogens with one attached hydrogen (secondary N) is 1. The number of hydrogen-bond acceptors (Lipinski definition) is 7. The lowest BCUT2D eigenvalue weighted by atomic mass is 9.97. The topological polar surface area (TPSA) is 114 Å². The molecule has 3 aromatic rings. The Kier molecular flexibility index (Phi) is 3.73. The molecule has 0 aliphatic carbocycles. The Morgan fingerprint density at radius 3 is 3.12 bits per heavy atom. The molecule has 4 rings (SSSR count). The first-order valence-electron chi connectivity index (χ1n) is 7.70. The van der Waals surface area contributed by atoms with Crippen LogP contribution in [0.3, 0.4) is 0 Å². The molecular weight excluding hydrogens is 310 g/mol. The molecule has 122 valence electrons. The number of rotatable bonds is 3. The summed E-state index contributed by atoms with van der Waals surface area (Å²) in [5.74, 6) is 0.942. The van der Waals surface area contributed by atoms with Gasteiger partial charge in [-0.3, -0.25) is 9.78 Å². The normalized spacial score (nSPS) is 17.8. The molecule has 9 heteroatoms. The first kappa shape index (κ1) is 14.5. The number of aromatic nitrogens is 6. The summed E-state index contributed by atoms with van der Waals surface area (Å²) in [5, 5.41) is 14.0.